The lowest BCUT2D eigenvalue weighted by Gasteiger charge is -2.24. The zero-order chi connectivity index (χ0) is 19.4. The molecule has 1 fully saturated rings. The molecule has 1 aromatic carbocycles. The second-order valence-electron chi connectivity index (χ2n) is 6.45. The third kappa shape index (κ3) is 4.53. The lowest BCUT2D eigenvalue weighted by atomic mass is 10.2. The van der Waals surface area contributed by atoms with E-state index in [2.05, 4.69) is 10.4 Å². The molecule has 2 heterocycles. The molecule has 1 saturated heterocycles. The zero-order valence-electron chi connectivity index (χ0n) is 15.5. The van der Waals surface area contributed by atoms with Gasteiger partial charge >= 0.3 is 0 Å². The molecule has 7 nitrogen and oxygen atoms in total. The Morgan fingerprint density at radius 2 is 2.04 bits per heavy atom. The molecule has 0 aliphatic carbocycles. The number of nitrogens with zero attached hydrogens (tertiary/aromatic N) is 3. The van der Waals surface area contributed by atoms with Crippen LogP contribution in [0.4, 0.5) is 5.69 Å². The number of carbonyl (C=O) groups is 1. The van der Waals surface area contributed by atoms with Crippen LogP contribution >= 0.6 is 11.8 Å². The quantitative estimate of drug-likeness (QED) is 0.794. The standard InChI is InChI=1S/C18H24N4O3S2/c1-3-7-21-13-16(17(23)19-15-6-4-5-14(2)12-15)18(20-21)27(24,25)22-8-10-26-11-9-22/h4-6,12-13H,3,7-11H2,1-2H3,(H,19,23). The molecular weight excluding hydrogens is 384 g/mol. The lowest BCUT2D eigenvalue weighted by molar-refractivity contribution is 0.102. The molecule has 9 heteroatoms. The number of rotatable bonds is 6. The van der Waals surface area contributed by atoms with Gasteiger partial charge in [-0.05, 0) is 31.0 Å². The van der Waals surface area contributed by atoms with E-state index in [1.54, 1.807) is 17.8 Å². The number of aromatic nitrogens is 2. The minimum absolute atomic E-state index is 0.0863. The zero-order valence-corrected chi connectivity index (χ0v) is 17.1. The molecule has 0 radical (unpaired) electrons. The van der Waals surface area contributed by atoms with Crippen LogP contribution in [0.2, 0.25) is 0 Å². The van der Waals surface area contributed by atoms with Gasteiger partial charge in [-0.15, -0.1) is 0 Å². The van der Waals surface area contributed by atoms with Crippen LogP contribution in [0.1, 0.15) is 29.3 Å². The average Bonchev–Trinajstić information content (AvgIpc) is 3.08. The predicted molar refractivity (Wildman–Crippen MR) is 108 cm³/mol. The summed E-state index contributed by atoms with van der Waals surface area (Å²) in [5.74, 6) is 1.03. The van der Waals surface area contributed by atoms with Crippen molar-refractivity contribution < 1.29 is 13.2 Å². The van der Waals surface area contributed by atoms with Crippen molar-refractivity contribution in [3.05, 3.63) is 41.6 Å². The molecule has 146 valence electrons. The number of sulfonamides is 1. The summed E-state index contributed by atoms with van der Waals surface area (Å²) in [6, 6.07) is 7.38. The van der Waals surface area contributed by atoms with Crippen LogP contribution in [0, 0.1) is 6.92 Å². The number of aryl methyl sites for hydroxylation is 2. The number of thioether (sulfide) groups is 1. The Morgan fingerprint density at radius 3 is 2.70 bits per heavy atom. The Balaban J connectivity index is 1.95. The molecule has 3 rings (SSSR count). The van der Waals surface area contributed by atoms with Crippen LogP contribution in [0.5, 0.6) is 0 Å². The molecule has 1 N–H and O–H groups in total. The maximum absolute atomic E-state index is 13.1. The first kappa shape index (κ1) is 19.9. The van der Waals surface area contributed by atoms with Crippen molar-refractivity contribution in [1.82, 2.24) is 14.1 Å². The topological polar surface area (TPSA) is 84.3 Å². The van der Waals surface area contributed by atoms with Gasteiger partial charge < -0.3 is 5.32 Å². The molecule has 1 aliphatic rings. The van der Waals surface area contributed by atoms with Gasteiger partial charge in [-0.25, -0.2) is 8.42 Å². The molecular formula is C18H24N4O3S2. The Morgan fingerprint density at radius 1 is 1.30 bits per heavy atom. The van der Waals surface area contributed by atoms with Gasteiger partial charge in [-0.2, -0.15) is 21.2 Å². The molecule has 0 spiro atoms. The number of benzene rings is 1. The Kier molecular flexibility index (Phi) is 6.23. The summed E-state index contributed by atoms with van der Waals surface area (Å²) in [6.07, 6.45) is 2.32. The SMILES string of the molecule is CCCn1cc(C(=O)Nc2cccc(C)c2)c(S(=O)(=O)N2CCSCC2)n1. The fourth-order valence-corrected chi connectivity index (χ4v) is 5.60. The first-order chi connectivity index (χ1) is 12.9. The van der Waals surface area contributed by atoms with Gasteiger partial charge in [0.05, 0.1) is 5.56 Å². The first-order valence-electron chi connectivity index (χ1n) is 8.95. The summed E-state index contributed by atoms with van der Waals surface area (Å²) >= 11 is 1.73. The summed E-state index contributed by atoms with van der Waals surface area (Å²) in [5, 5.41) is 6.88. The van der Waals surface area contributed by atoms with Crippen molar-refractivity contribution in [2.45, 2.75) is 31.8 Å². The number of hydrogen-bond acceptors (Lipinski definition) is 5. The Bertz CT molecular complexity index is 918. The number of carbonyl (C=O) groups excluding carboxylic acids is 1. The van der Waals surface area contributed by atoms with Crippen LogP contribution in [0.15, 0.2) is 35.5 Å². The van der Waals surface area contributed by atoms with E-state index in [4.69, 9.17) is 0 Å². The highest BCUT2D eigenvalue weighted by Crippen LogP contribution is 2.23. The highest BCUT2D eigenvalue weighted by Gasteiger charge is 2.33. The van der Waals surface area contributed by atoms with Crippen molar-refractivity contribution in [2.24, 2.45) is 0 Å². The molecule has 0 unspecified atom stereocenters. The predicted octanol–water partition coefficient (Wildman–Crippen LogP) is 2.59. The molecule has 1 amide bonds. The average molecular weight is 409 g/mol. The number of anilines is 1. The van der Waals surface area contributed by atoms with E-state index in [0.717, 1.165) is 23.5 Å². The largest absolute Gasteiger partial charge is 0.322 e. The van der Waals surface area contributed by atoms with E-state index in [1.165, 1.54) is 15.2 Å². The Hall–Kier alpha value is -1.84. The van der Waals surface area contributed by atoms with Gasteiger partial charge in [0.25, 0.3) is 15.9 Å². The molecule has 1 aromatic heterocycles. The van der Waals surface area contributed by atoms with Crippen LogP contribution in [-0.2, 0) is 16.6 Å². The normalized spacial score (nSPS) is 15.6. The second kappa shape index (κ2) is 8.45. The van der Waals surface area contributed by atoms with Gasteiger partial charge in [-0.3, -0.25) is 9.48 Å². The smallest absolute Gasteiger partial charge is 0.263 e. The summed E-state index contributed by atoms with van der Waals surface area (Å²) in [6.45, 7) is 5.33. The van der Waals surface area contributed by atoms with Gasteiger partial charge in [0.2, 0.25) is 5.03 Å². The highest BCUT2D eigenvalue weighted by atomic mass is 32.2. The summed E-state index contributed by atoms with van der Waals surface area (Å²) in [7, 11) is -3.81. The number of amides is 1. The van der Waals surface area contributed by atoms with Crippen LogP contribution in [0.25, 0.3) is 0 Å². The van der Waals surface area contributed by atoms with E-state index in [9.17, 15) is 13.2 Å². The van der Waals surface area contributed by atoms with Crippen LogP contribution < -0.4 is 5.32 Å². The second-order valence-corrected chi connectivity index (χ2v) is 9.53. The van der Waals surface area contributed by atoms with Crippen molar-refractivity contribution in [3.63, 3.8) is 0 Å². The summed E-state index contributed by atoms with van der Waals surface area (Å²) < 4.78 is 29.2. The highest BCUT2D eigenvalue weighted by molar-refractivity contribution is 7.99. The summed E-state index contributed by atoms with van der Waals surface area (Å²) in [4.78, 5) is 12.8. The van der Waals surface area contributed by atoms with E-state index in [1.807, 2.05) is 32.0 Å². The summed E-state index contributed by atoms with van der Waals surface area (Å²) in [5.41, 5.74) is 1.72. The molecule has 1 aliphatic heterocycles. The molecule has 0 saturated carbocycles. The van der Waals surface area contributed by atoms with Crippen molar-refractivity contribution in [2.75, 3.05) is 29.9 Å². The third-order valence-corrected chi connectivity index (χ3v) is 7.03. The maximum Gasteiger partial charge on any atom is 0.263 e. The minimum atomic E-state index is -3.81. The van der Waals surface area contributed by atoms with Gasteiger partial charge in [-0.1, -0.05) is 19.1 Å². The van der Waals surface area contributed by atoms with Crippen molar-refractivity contribution >= 4 is 33.4 Å². The van der Waals surface area contributed by atoms with Crippen LogP contribution in [0.3, 0.4) is 0 Å². The maximum atomic E-state index is 13.1. The third-order valence-electron chi connectivity index (χ3n) is 4.26. The van der Waals surface area contributed by atoms with E-state index in [-0.39, 0.29) is 10.6 Å². The van der Waals surface area contributed by atoms with E-state index < -0.39 is 15.9 Å². The van der Waals surface area contributed by atoms with Crippen molar-refractivity contribution in [3.8, 4) is 0 Å². The van der Waals surface area contributed by atoms with E-state index >= 15 is 0 Å². The fourth-order valence-electron chi connectivity index (χ4n) is 2.92. The first-order valence-corrected chi connectivity index (χ1v) is 11.5. The van der Waals surface area contributed by atoms with E-state index in [0.29, 0.717) is 25.3 Å². The molecule has 0 bridgehead atoms. The lowest BCUT2D eigenvalue weighted by Crippen LogP contribution is -2.38. The van der Waals surface area contributed by atoms with Gasteiger partial charge in [0.15, 0.2) is 0 Å². The Labute approximate surface area is 164 Å². The number of nitrogens with one attached hydrogen (secondary N) is 1. The van der Waals surface area contributed by atoms with Crippen LogP contribution in [-0.4, -0.2) is 53.0 Å². The number of hydrogen-bond donors (Lipinski definition) is 1. The minimum Gasteiger partial charge on any atom is -0.322 e. The van der Waals surface area contributed by atoms with Gasteiger partial charge in [0.1, 0.15) is 0 Å². The monoisotopic (exact) mass is 408 g/mol. The van der Waals surface area contributed by atoms with Crippen molar-refractivity contribution in [1.29, 1.82) is 0 Å². The van der Waals surface area contributed by atoms with Gasteiger partial charge in [0, 0.05) is 43.0 Å². The molecule has 27 heavy (non-hydrogen) atoms. The molecule has 0 atom stereocenters. The molecule has 2 aromatic rings. The fraction of sp³-hybridized carbons (Fsp3) is 0.444.